The van der Waals surface area contributed by atoms with Crippen molar-refractivity contribution in [2.75, 3.05) is 32.0 Å². The molecule has 3 heterocycles. The summed E-state index contributed by atoms with van der Waals surface area (Å²) in [4.78, 5) is 27.0. The normalized spacial score (nSPS) is 16.0. The standard InChI is InChI=1S/C24H25N5O2.C2H6/c1-15-18(3-2-4-20(15)25)22-19-13-21(28-23(19)27-14-26-22)16-5-7-17(8-6-16)24(30)29-9-11-31-12-10-29;1-2/h2-5,7,13-14H,6,8-12,25H2,1H3,(H,26,27,28);1-2H3. The topological polar surface area (TPSA) is 97.1 Å². The molecule has 3 N–H and O–H groups in total. The van der Waals surface area contributed by atoms with E-state index in [9.17, 15) is 4.79 Å². The van der Waals surface area contributed by atoms with Crippen LogP contribution in [-0.4, -0.2) is 52.1 Å². The van der Waals surface area contributed by atoms with Gasteiger partial charge in [-0.3, -0.25) is 4.79 Å². The Balaban J connectivity index is 0.00000126. The van der Waals surface area contributed by atoms with Crippen molar-refractivity contribution < 1.29 is 9.53 Å². The van der Waals surface area contributed by atoms with Crippen LogP contribution in [0.25, 0.3) is 27.9 Å². The number of nitrogen functional groups attached to an aromatic ring is 1. The van der Waals surface area contributed by atoms with Crippen LogP contribution in [0.2, 0.25) is 0 Å². The predicted octanol–water partition coefficient (Wildman–Crippen LogP) is 4.50. The second-order valence-corrected chi connectivity index (χ2v) is 7.98. The van der Waals surface area contributed by atoms with Gasteiger partial charge in [0.1, 0.15) is 12.0 Å². The Morgan fingerprint density at radius 3 is 2.64 bits per heavy atom. The van der Waals surface area contributed by atoms with Crippen LogP contribution in [0.3, 0.4) is 0 Å². The number of nitrogens with one attached hydrogen (secondary N) is 1. The van der Waals surface area contributed by atoms with Crippen LogP contribution in [0.1, 0.15) is 37.9 Å². The van der Waals surface area contributed by atoms with Crippen molar-refractivity contribution >= 4 is 28.2 Å². The van der Waals surface area contributed by atoms with E-state index in [1.807, 2.05) is 56.0 Å². The summed E-state index contributed by atoms with van der Waals surface area (Å²) in [6.07, 6.45) is 7.10. The maximum absolute atomic E-state index is 12.7. The van der Waals surface area contributed by atoms with Crippen molar-refractivity contribution in [3.05, 3.63) is 59.6 Å². The van der Waals surface area contributed by atoms with Crippen LogP contribution < -0.4 is 5.73 Å². The van der Waals surface area contributed by atoms with Crippen molar-refractivity contribution in [1.29, 1.82) is 0 Å². The molecule has 5 rings (SSSR count). The number of aromatic nitrogens is 3. The van der Waals surface area contributed by atoms with Gasteiger partial charge in [-0.25, -0.2) is 9.97 Å². The van der Waals surface area contributed by atoms with Crippen molar-refractivity contribution in [3.8, 4) is 11.3 Å². The minimum Gasteiger partial charge on any atom is -0.398 e. The summed E-state index contributed by atoms with van der Waals surface area (Å²) in [5.74, 6) is 0.126. The molecule has 7 nitrogen and oxygen atoms in total. The first-order valence-corrected chi connectivity index (χ1v) is 11.6. The Hall–Kier alpha value is -3.45. The molecule has 0 unspecified atom stereocenters. The van der Waals surface area contributed by atoms with E-state index in [4.69, 9.17) is 10.5 Å². The van der Waals surface area contributed by atoms with Gasteiger partial charge in [0, 0.05) is 41.0 Å². The van der Waals surface area contributed by atoms with Crippen molar-refractivity contribution in [2.45, 2.75) is 33.6 Å². The number of ether oxygens (including phenoxy) is 1. The van der Waals surface area contributed by atoms with Crippen molar-refractivity contribution in [3.63, 3.8) is 0 Å². The monoisotopic (exact) mass is 445 g/mol. The van der Waals surface area contributed by atoms with E-state index in [1.165, 1.54) is 0 Å². The minimum atomic E-state index is 0.126. The molecule has 1 aromatic carbocycles. The molecule has 1 aliphatic carbocycles. The van der Waals surface area contributed by atoms with E-state index in [0.29, 0.717) is 26.3 Å². The lowest BCUT2D eigenvalue weighted by Gasteiger charge is -2.28. The lowest BCUT2D eigenvalue weighted by atomic mass is 9.95. The van der Waals surface area contributed by atoms with Gasteiger partial charge < -0.3 is 20.4 Å². The average molecular weight is 446 g/mol. The van der Waals surface area contributed by atoms with E-state index < -0.39 is 0 Å². The summed E-state index contributed by atoms with van der Waals surface area (Å²) >= 11 is 0. The van der Waals surface area contributed by atoms with Gasteiger partial charge in [-0.2, -0.15) is 0 Å². The smallest absolute Gasteiger partial charge is 0.249 e. The molecule has 7 heteroatoms. The number of anilines is 1. The highest BCUT2D eigenvalue weighted by atomic mass is 16.5. The molecular formula is C26H31N5O2. The van der Waals surface area contributed by atoms with Gasteiger partial charge >= 0.3 is 0 Å². The second-order valence-electron chi connectivity index (χ2n) is 7.98. The van der Waals surface area contributed by atoms with Gasteiger partial charge in [-0.05, 0) is 43.0 Å². The molecule has 172 valence electrons. The summed E-state index contributed by atoms with van der Waals surface area (Å²) in [7, 11) is 0. The fourth-order valence-corrected chi connectivity index (χ4v) is 4.25. The Labute approximate surface area is 194 Å². The zero-order chi connectivity index (χ0) is 23.4. The molecule has 0 atom stereocenters. The predicted molar refractivity (Wildman–Crippen MR) is 133 cm³/mol. The minimum absolute atomic E-state index is 0.126. The molecule has 0 spiro atoms. The third-order valence-corrected chi connectivity index (χ3v) is 6.12. The molecule has 1 saturated heterocycles. The number of benzene rings is 1. The molecule has 3 aromatic rings. The van der Waals surface area contributed by atoms with Crippen molar-refractivity contribution in [1.82, 2.24) is 19.9 Å². The fraction of sp³-hybridized carbons (Fsp3) is 0.346. The highest BCUT2D eigenvalue weighted by molar-refractivity contribution is 5.97. The molecule has 0 bridgehead atoms. The molecule has 33 heavy (non-hydrogen) atoms. The van der Waals surface area contributed by atoms with Crippen LogP contribution in [-0.2, 0) is 9.53 Å². The van der Waals surface area contributed by atoms with Gasteiger partial charge in [-0.15, -0.1) is 0 Å². The number of nitrogens with two attached hydrogens (primary N) is 1. The van der Waals surface area contributed by atoms with Crippen LogP contribution in [0.5, 0.6) is 0 Å². The Bertz CT molecular complexity index is 1220. The molecule has 0 radical (unpaired) electrons. The molecule has 1 aliphatic heterocycles. The van der Waals surface area contributed by atoms with Crippen LogP contribution in [0.4, 0.5) is 5.69 Å². The number of allylic oxidation sites excluding steroid dienone is 3. The van der Waals surface area contributed by atoms with E-state index in [1.54, 1.807) is 6.33 Å². The van der Waals surface area contributed by atoms with Gasteiger partial charge in [-0.1, -0.05) is 38.1 Å². The first-order valence-electron chi connectivity index (χ1n) is 11.6. The number of carbonyl (C=O) groups excluding carboxylic acids is 1. The number of hydrogen-bond acceptors (Lipinski definition) is 5. The summed E-state index contributed by atoms with van der Waals surface area (Å²) < 4.78 is 5.35. The number of fused-ring (bicyclic) bond motifs is 1. The number of aromatic amines is 1. The van der Waals surface area contributed by atoms with E-state index in [2.05, 4.69) is 21.0 Å². The van der Waals surface area contributed by atoms with E-state index >= 15 is 0 Å². The number of hydrogen-bond donors (Lipinski definition) is 2. The summed E-state index contributed by atoms with van der Waals surface area (Å²) in [6, 6.07) is 7.98. The fourth-order valence-electron chi connectivity index (χ4n) is 4.25. The average Bonchev–Trinajstić information content (AvgIpc) is 3.32. The van der Waals surface area contributed by atoms with Gasteiger partial charge in [0.2, 0.25) is 5.91 Å². The Kier molecular flexibility index (Phi) is 6.89. The van der Waals surface area contributed by atoms with Crippen LogP contribution >= 0.6 is 0 Å². The zero-order valence-electron chi connectivity index (χ0n) is 19.5. The first-order chi connectivity index (χ1) is 16.1. The molecule has 2 aromatic heterocycles. The van der Waals surface area contributed by atoms with Gasteiger partial charge in [0.15, 0.2) is 0 Å². The Morgan fingerprint density at radius 1 is 1.12 bits per heavy atom. The molecule has 2 aliphatic rings. The Morgan fingerprint density at radius 2 is 1.91 bits per heavy atom. The number of carbonyl (C=O) groups is 1. The summed E-state index contributed by atoms with van der Waals surface area (Å²) in [5.41, 5.74) is 13.6. The highest BCUT2D eigenvalue weighted by Crippen LogP contribution is 2.34. The lowest BCUT2D eigenvalue weighted by Crippen LogP contribution is -2.41. The second kappa shape index (κ2) is 10.0. The molecule has 1 amide bonds. The number of H-pyrrole nitrogens is 1. The number of rotatable bonds is 3. The van der Waals surface area contributed by atoms with E-state index in [0.717, 1.165) is 63.2 Å². The maximum atomic E-state index is 12.7. The zero-order valence-corrected chi connectivity index (χ0v) is 19.5. The third kappa shape index (κ3) is 4.54. The largest absolute Gasteiger partial charge is 0.398 e. The molecule has 1 fully saturated rings. The summed E-state index contributed by atoms with van der Waals surface area (Å²) in [6.45, 7) is 8.57. The number of nitrogens with zero attached hydrogens (tertiary/aromatic N) is 3. The SMILES string of the molecule is CC.Cc1c(N)cccc1-c1ncnc2[nH]c(C3=CC=C(C(=O)N4CCOCC4)CC3)cc12. The van der Waals surface area contributed by atoms with Gasteiger partial charge in [0.25, 0.3) is 0 Å². The highest BCUT2D eigenvalue weighted by Gasteiger charge is 2.23. The van der Waals surface area contributed by atoms with Crippen LogP contribution in [0.15, 0.2) is 48.3 Å². The molecular weight excluding hydrogens is 414 g/mol. The molecule has 0 saturated carbocycles. The maximum Gasteiger partial charge on any atom is 0.249 e. The van der Waals surface area contributed by atoms with Crippen molar-refractivity contribution in [2.24, 2.45) is 0 Å². The summed E-state index contributed by atoms with van der Waals surface area (Å²) in [5, 5.41) is 0.964. The third-order valence-electron chi connectivity index (χ3n) is 6.12. The van der Waals surface area contributed by atoms with Gasteiger partial charge in [0.05, 0.1) is 18.9 Å². The number of morpholine rings is 1. The van der Waals surface area contributed by atoms with E-state index in [-0.39, 0.29) is 5.91 Å². The first kappa shape index (κ1) is 22.7. The van der Waals surface area contributed by atoms with Crippen LogP contribution in [0, 0.1) is 6.92 Å². The number of amides is 1. The quantitative estimate of drug-likeness (QED) is 0.579. The lowest BCUT2D eigenvalue weighted by molar-refractivity contribution is -0.131.